The number of nitrogens with zero attached hydrogens (tertiary/aromatic N) is 4. The van der Waals surface area contributed by atoms with E-state index in [1.54, 1.807) is 40.8 Å². The summed E-state index contributed by atoms with van der Waals surface area (Å²) in [4.78, 5) is 31.9. The molecule has 1 fully saturated rings. The van der Waals surface area contributed by atoms with Crippen LogP contribution in [-0.2, 0) is 9.59 Å². The third-order valence-electron chi connectivity index (χ3n) is 5.34. The number of fused-ring (bicyclic) bond motifs is 1. The summed E-state index contributed by atoms with van der Waals surface area (Å²) < 4.78 is 6.90. The van der Waals surface area contributed by atoms with E-state index in [0.717, 1.165) is 22.7 Å². The molecule has 5 rings (SSSR count). The van der Waals surface area contributed by atoms with Crippen LogP contribution in [0, 0.1) is 5.92 Å². The van der Waals surface area contributed by atoms with E-state index >= 15 is 0 Å². The van der Waals surface area contributed by atoms with Crippen molar-refractivity contribution in [2.24, 2.45) is 5.92 Å². The van der Waals surface area contributed by atoms with Gasteiger partial charge in [0.2, 0.25) is 22.7 Å². The van der Waals surface area contributed by atoms with E-state index in [9.17, 15) is 9.59 Å². The summed E-state index contributed by atoms with van der Waals surface area (Å²) >= 11 is 7.36. The predicted octanol–water partition coefficient (Wildman–Crippen LogP) is 4.11. The maximum Gasteiger partial charge on any atom is 0.250 e. The summed E-state index contributed by atoms with van der Waals surface area (Å²) in [5, 5.41) is 9.76. The molecule has 32 heavy (non-hydrogen) atoms. The average Bonchev–Trinajstić information content (AvgIpc) is 3.48. The lowest BCUT2D eigenvalue weighted by atomic mass is 10.1. The zero-order valence-corrected chi connectivity index (χ0v) is 18.6. The van der Waals surface area contributed by atoms with Crippen LogP contribution >= 0.6 is 22.9 Å². The highest BCUT2D eigenvalue weighted by Crippen LogP contribution is 2.29. The van der Waals surface area contributed by atoms with Crippen molar-refractivity contribution in [3.05, 3.63) is 58.9 Å². The van der Waals surface area contributed by atoms with Crippen molar-refractivity contribution in [1.29, 1.82) is 0 Å². The van der Waals surface area contributed by atoms with Gasteiger partial charge >= 0.3 is 0 Å². The van der Waals surface area contributed by atoms with Gasteiger partial charge in [0.25, 0.3) is 0 Å². The van der Waals surface area contributed by atoms with Gasteiger partial charge in [0.1, 0.15) is 5.75 Å². The van der Waals surface area contributed by atoms with E-state index in [1.165, 1.54) is 11.3 Å². The van der Waals surface area contributed by atoms with Crippen molar-refractivity contribution >= 4 is 51.3 Å². The second-order valence-electron chi connectivity index (χ2n) is 7.35. The number of aromatic nitrogens is 3. The Labute approximate surface area is 192 Å². The number of benzene rings is 2. The van der Waals surface area contributed by atoms with Gasteiger partial charge in [-0.2, -0.15) is 4.98 Å². The number of amides is 2. The third-order valence-corrected chi connectivity index (χ3v) is 6.40. The molecular weight excluding hydrogens is 450 g/mol. The summed E-state index contributed by atoms with van der Waals surface area (Å²) in [6, 6.07) is 14.6. The van der Waals surface area contributed by atoms with Crippen LogP contribution in [0.4, 0.5) is 11.6 Å². The zero-order chi connectivity index (χ0) is 22.2. The average molecular weight is 468 g/mol. The molecule has 8 nitrogen and oxygen atoms in total. The van der Waals surface area contributed by atoms with Crippen molar-refractivity contribution in [3.63, 3.8) is 0 Å². The van der Waals surface area contributed by atoms with Crippen LogP contribution in [0.5, 0.6) is 5.75 Å². The van der Waals surface area contributed by atoms with Gasteiger partial charge in [0, 0.05) is 34.6 Å². The Hall–Kier alpha value is -3.43. The smallest absolute Gasteiger partial charge is 0.250 e. The molecule has 1 aliphatic heterocycles. The highest BCUT2D eigenvalue weighted by molar-refractivity contribution is 7.15. The summed E-state index contributed by atoms with van der Waals surface area (Å²) in [6.07, 6.45) is 0.133. The fourth-order valence-corrected chi connectivity index (χ4v) is 4.62. The largest absolute Gasteiger partial charge is 0.497 e. The number of ether oxygens (including phenoxy) is 1. The van der Waals surface area contributed by atoms with Crippen molar-refractivity contribution in [1.82, 2.24) is 14.6 Å². The van der Waals surface area contributed by atoms with Gasteiger partial charge in [-0.15, -0.1) is 16.4 Å². The van der Waals surface area contributed by atoms with Gasteiger partial charge in [-0.05, 0) is 48.5 Å². The Morgan fingerprint density at radius 2 is 1.94 bits per heavy atom. The van der Waals surface area contributed by atoms with Crippen LogP contribution in [0.15, 0.2) is 53.9 Å². The molecule has 1 saturated heterocycles. The number of nitrogens with one attached hydrogen (secondary N) is 1. The van der Waals surface area contributed by atoms with E-state index in [2.05, 4.69) is 15.4 Å². The van der Waals surface area contributed by atoms with Crippen LogP contribution in [-0.4, -0.2) is 40.1 Å². The Balaban J connectivity index is 1.31. The van der Waals surface area contributed by atoms with Crippen LogP contribution in [0.1, 0.15) is 6.42 Å². The normalized spacial score (nSPS) is 16.0. The number of anilines is 2. The molecule has 0 radical (unpaired) electrons. The van der Waals surface area contributed by atoms with Gasteiger partial charge in [0.05, 0.1) is 18.7 Å². The molecule has 0 aliphatic carbocycles. The second-order valence-corrected chi connectivity index (χ2v) is 8.62. The summed E-state index contributed by atoms with van der Waals surface area (Å²) in [5.74, 6) is 0.118. The molecule has 1 N–H and O–H groups in total. The van der Waals surface area contributed by atoms with Crippen molar-refractivity contribution in [2.45, 2.75) is 6.42 Å². The first kappa shape index (κ1) is 20.5. The lowest BCUT2D eigenvalue weighted by Gasteiger charge is -2.16. The van der Waals surface area contributed by atoms with Gasteiger partial charge in [-0.25, -0.2) is 4.52 Å². The van der Waals surface area contributed by atoms with Crippen LogP contribution in [0.25, 0.3) is 16.2 Å². The monoisotopic (exact) mass is 467 g/mol. The highest BCUT2D eigenvalue weighted by atomic mass is 35.5. The van der Waals surface area contributed by atoms with Crippen LogP contribution in [0.2, 0.25) is 5.02 Å². The van der Waals surface area contributed by atoms with Gasteiger partial charge in [0.15, 0.2) is 0 Å². The highest BCUT2D eigenvalue weighted by Gasteiger charge is 2.35. The number of halogens is 1. The maximum absolute atomic E-state index is 12.8. The molecule has 0 spiro atoms. The van der Waals surface area contributed by atoms with Crippen molar-refractivity contribution < 1.29 is 14.3 Å². The minimum atomic E-state index is -0.485. The first-order chi connectivity index (χ1) is 15.5. The number of carbonyl (C=O) groups is 2. The quantitative estimate of drug-likeness (QED) is 0.477. The Bertz CT molecular complexity index is 1300. The second kappa shape index (κ2) is 8.25. The standard InChI is InChI=1S/C22H18ClN5O3S/c1-31-17-8-2-13(3-9-17)18-12-32-22-25-21(26-28(18)22)24-20(30)14-10-19(29)27(11-14)16-6-4-15(23)5-7-16/h2-9,12,14H,10-11H2,1H3,(H,24,26,30). The first-order valence-electron chi connectivity index (χ1n) is 9.87. The minimum absolute atomic E-state index is 0.104. The first-order valence-corrected chi connectivity index (χ1v) is 11.1. The van der Waals surface area contributed by atoms with E-state index in [-0.39, 0.29) is 24.2 Å². The molecule has 0 bridgehead atoms. The van der Waals surface area contributed by atoms with Gasteiger partial charge in [-0.1, -0.05) is 11.6 Å². The Kier molecular flexibility index (Phi) is 5.28. The lowest BCUT2D eigenvalue weighted by molar-refractivity contribution is -0.122. The number of hydrogen-bond donors (Lipinski definition) is 1. The molecule has 2 amide bonds. The van der Waals surface area contributed by atoms with Crippen LogP contribution < -0.4 is 15.0 Å². The van der Waals surface area contributed by atoms with Crippen molar-refractivity contribution in [2.75, 3.05) is 23.9 Å². The van der Waals surface area contributed by atoms with E-state index in [1.807, 2.05) is 29.6 Å². The van der Waals surface area contributed by atoms with E-state index in [4.69, 9.17) is 16.3 Å². The zero-order valence-electron chi connectivity index (χ0n) is 17.0. The molecule has 3 heterocycles. The molecule has 162 valence electrons. The van der Waals surface area contributed by atoms with Gasteiger partial charge < -0.3 is 9.64 Å². The molecule has 2 aromatic heterocycles. The number of rotatable bonds is 5. The number of carbonyl (C=O) groups excluding carboxylic acids is 2. The molecule has 4 aromatic rings. The number of thiazole rings is 1. The van der Waals surface area contributed by atoms with Crippen LogP contribution in [0.3, 0.4) is 0 Å². The molecule has 10 heteroatoms. The molecule has 1 aliphatic rings. The number of hydrogen-bond acceptors (Lipinski definition) is 6. The third kappa shape index (κ3) is 3.80. The van der Waals surface area contributed by atoms with E-state index < -0.39 is 5.92 Å². The number of methoxy groups -OCH3 is 1. The molecule has 2 aromatic carbocycles. The summed E-state index contributed by atoms with van der Waals surface area (Å²) in [7, 11) is 1.62. The molecule has 1 unspecified atom stereocenters. The lowest BCUT2D eigenvalue weighted by Crippen LogP contribution is -2.28. The molecule has 1 atom stereocenters. The maximum atomic E-state index is 12.8. The van der Waals surface area contributed by atoms with E-state index in [0.29, 0.717) is 16.5 Å². The summed E-state index contributed by atoms with van der Waals surface area (Å²) in [5.41, 5.74) is 2.55. The predicted molar refractivity (Wildman–Crippen MR) is 123 cm³/mol. The summed E-state index contributed by atoms with van der Waals surface area (Å²) in [6.45, 7) is 0.297. The Morgan fingerprint density at radius 1 is 1.19 bits per heavy atom. The fraction of sp³-hybridized carbons (Fsp3) is 0.182. The SMILES string of the molecule is COc1ccc(-c2csc3nc(NC(=O)C4CC(=O)N(c5ccc(Cl)cc5)C4)nn23)cc1. The van der Waals surface area contributed by atoms with Gasteiger partial charge in [-0.3, -0.25) is 14.9 Å². The molecular formula is C22H18ClN5O3S. The van der Waals surface area contributed by atoms with Crippen molar-refractivity contribution in [3.8, 4) is 17.0 Å². The fourth-order valence-electron chi connectivity index (χ4n) is 3.66. The minimum Gasteiger partial charge on any atom is -0.497 e. The topological polar surface area (TPSA) is 88.8 Å². The molecule has 0 saturated carbocycles. The Morgan fingerprint density at radius 3 is 2.66 bits per heavy atom.